The van der Waals surface area contributed by atoms with Crippen LogP contribution in [-0.4, -0.2) is 38.8 Å². The van der Waals surface area contributed by atoms with Gasteiger partial charge in [-0.25, -0.2) is 0 Å². The Morgan fingerprint density at radius 3 is 2.68 bits per heavy atom. The third-order valence-corrected chi connectivity index (χ3v) is 3.95. The van der Waals surface area contributed by atoms with Crippen LogP contribution in [0.15, 0.2) is 6.07 Å². The van der Waals surface area contributed by atoms with E-state index in [1.165, 1.54) is 5.69 Å². The zero-order valence-electron chi connectivity index (χ0n) is 11.8. The molecule has 0 spiro atoms. The van der Waals surface area contributed by atoms with Crippen LogP contribution in [-0.2, 0) is 24.8 Å². The van der Waals surface area contributed by atoms with Crippen LogP contribution in [0, 0.1) is 5.92 Å². The van der Waals surface area contributed by atoms with Crippen molar-refractivity contribution in [2.24, 2.45) is 13.0 Å². The molecule has 1 aliphatic rings. The molecule has 0 aromatic carbocycles. The Morgan fingerprint density at radius 1 is 1.47 bits per heavy atom. The minimum absolute atomic E-state index is 0.319. The maximum absolute atomic E-state index is 10.7. The van der Waals surface area contributed by atoms with Crippen LogP contribution in [0.2, 0.25) is 0 Å². The maximum Gasteiger partial charge on any atom is 0.303 e. The van der Waals surface area contributed by atoms with Crippen molar-refractivity contribution in [1.82, 2.24) is 14.7 Å². The Bertz CT molecular complexity index is 434. The Kier molecular flexibility index (Phi) is 4.58. The Hall–Kier alpha value is -1.36. The molecule has 1 fully saturated rings. The van der Waals surface area contributed by atoms with Gasteiger partial charge in [-0.2, -0.15) is 5.10 Å². The van der Waals surface area contributed by atoms with E-state index in [0.717, 1.165) is 44.6 Å². The monoisotopic (exact) mass is 265 g/mol. The van der Waals surface area contributed by atoms with Gasteiger partial charge in [-0.1, -0.05) is 6.92 Å². The summed E-state index contributed by atoms with van der Waals surface area (Å²) in [6.07, 6.45) is 3.27. The third kappa shape index (κ3) is 3.80. The molecule has 0 aliphatic carbocycles. The van der Waals surface area contributed by atoms with Gasteiger partial charge >= 0.3 is 5.97 Å². The lowest BCUT2D eigenvalue weighted by Gasteiger charge is -2.31. The molecule has 1 aromatic heterocycles. The van der Waals surface area contributed by atoms with Crippen molar-refractivity contribution in [3.05, 3.63) is 17.5 Å². The molecule has 0 bridgehead atoms. The van der Waals surface area contributed by atoms with Gasteiger partial charge in [0.2, 0.25) is 0 Å². The van der Waals surface area contributed by atoms with E-state index < -0.39 is 5.97 Å². The molecule has 1 saturated heterocycles. The highest BCUT2D eigenvalue weighted by Gasteiger charge is 2.21. The molecule has 1 N–H and O–H groups in total. The van der Waals surface area contributed by atoms with Crippen LogP contribution in [0.4, 0.5) is 0 Å². The van der Waals surface area contributed by atoms with Gasteiger partial charge in [0.15, 0.2) is 0 Å². The van der Waals surface area contributed by atoms with Crippen molar-refractivity contribution in [2.45, 2.75) is 39.2 Å². The molecule has 0 unspecified atom stereocenters. The van der Waals surface area contributed by atoms with Crippen LogP contribution < -0.4 is 0 Å². The van der Waals surface area contributed by atoms with Crippen molar-refractivity contribution in [2.75, 3.05) is 13.1 Å². The second-order valence-corrected chi connectivity index (χ2v) is 5.42. The molecule has 1 aliphatic heterocycles. The number of carboxylic acids is 1. The maximum atomic E-state index is 10.7. The average molecular weight is 265 g/mol. The number of likely N-dealkylation sites (tertiary alicyclic amines) is 1. The fraction of sp³-hybridized carbons (Fsp3) is 0.714. The molecular formula is C14H23N3O2. The van der Waals surface area contributed by atoms with Crippen molar-refractivity contribution in [3.8, 4) is 0 Å². The first-order valence-corrected chi connectivity index (χ1v) is 7.04. The van der Waals surface area contributed by atoms with E-state index in [1.54, 1.807) is 0 Å². The highest BCUT2D eigenvalue weighted by molar-refractivity contribution is 5.67. The van der Waals surface area contributed by atoms with Gasteiger partial charge < -0.3 is 5.11 Å². The topological polar surface area (TPSA) is 58.4 Å². The van der Waals surface area contributed by atoms with Gasteiger partial charge in [0.05, 0.1) is 11.4 Å². The summed E-state index contributed by atoms with van der Waals surface area (Å²) in [7, 11) is 1.99. The van der Waals surface area contributed by atoms with Gasteiger partial charge in [-0.15, -0.1) is 0 Å². The van der Waals surface area contributed by atoms with Gasteiger partial charge in [0.25, 0.3) is 0 Å². The number of aryl methyl sites for hydroxylation is 2. The number of carbonyl (C=O) groups is 1. The SMILES string of the molecule is CCc1cc(CN2CCC(CC(=O)O)CC2)n(C)n1. The van der Waals surface area contributed by atoms with Gasteiger partial charge in [-0.05, 0) is 44.3 Å². The second kappa shape index (κ2) is 6.19. The number of rotatable bonds is 5. The number of hydrogen-bond donors (Lipinski definition) is 1. The van der Waals surface area contributed by atoms with Gasteiger partial charge in [0.1, 0.15) is 0 Å². The number of nitrogens with zero attached hydrogens (tertiary/aromatic N) is 3. The van der Waals surface area contributed by atoms with Gasteiger partial charge in [0, 0.05) is 20.0 Å². The predicted molar refractivity (Wildman–Crippen MR) is 72.8 cm³/mol. The second-order valence-electron chi connectivity index (χ2n) is 5.42. The molecule has 19 heavy (non-hydrogen) atoms. The van der Waals surface area contributed by atoms with E-state index in [1.807, 2.05) is 11.7 Å². The highest BCUT2D eigenvalue weighted by atomic mass is 16.4. The number of piperidine rings is 1. The van der Waals surface area contributed by atoms with Crippen LogP contribution in [0.1, 0.15) is 37.6 Å². The molecule has 0 amide bonds. The summed E-state index contributed by atoms with van der Waals surface area (Å²) in [6.45, 7) is 5.02. The standard InChI is InChI=1S/C14H23N3O2/c1-3-12-9-13(16(2)15-12)10-17-6-4-11(5-7-17)8-14(18)19/h9,11H,3-8,10H2,1-2H3,(H,18,19). The summed E-state index contributed by atoms with van der Waals surface area (Å²) in [4.78, 5) is 13.1. The van der Waals surface area contributed by atoms with Crippen molar-refractivity contribution >= 4 is 5.97 Å². The lowest BCUT2D eigenvalue weighted by Crippen LogP contribution is -2.34. The van der Waals surface area contributed by atoms with E-state index in [4.69, 9.17) is 5.11 Å². The molecule has 2 heterocycles. The molecule has 5 heteroatoms. The summed E-state index contributed by atoms with van der Waals surface area (Å²) in [5.74, 6) is -0.316. The molecule has 106 valence electrons. The van der Waals surface area contributed by atoms with E-state index in [9.17, 15) is 4.79 Å². The largest absolute Gasteiger partial charge is 0.481 e. The molecule has 0 saturated carbocycles. The van der Waals surface area contributed by atoms with Crippen LogP contribution in [0.5, 0.6) is 0 Å². The quantitative estimate of drug-likeness (QED) is 0.880. The highest BCUT2D eigenvalue weighted by Crippen LogP contribution is 2.21. The zero-order chi connectivity index (χ0) is 13.8. The number of carboxylic acid groups (broad SMARTS) is 1. The minimum Gasteiger partial charge on any atom is -0.481 e. The summed E-state index contributed by atoms with van der Waals surface area (Å²) in [6, 6.07) is 2.17. The first-order valence-electron chi connectivity index (χ1n) is 7.04. The Balaban J connectivity index is 1.85. The smallest absolute Gasteiger partial charge is 0.303 e. The van der Waals surface area contributed by atoms with E-state index in [2.05, 4.69) is 23.0 Å². The first-order chi connectivity index (χ1) is 9.08. The Labute approximate surface area is 114 Å². The average Bonchev–Trinajstić information content (AvgIpc) is 2.72. The lowest BCUT2D eigenvalue weighted by atomic mass is 9.93. The van der Waals surface area contributed by atoms with Crippen LogP contribution in [0.25, 0.3) is 0 Å². The number of hydrogen-bond acceptors (Lipinski definition) is 3. The van der Waals surface area contributed by atoms with Gasteiger partial charge in [-0.3, -0.25) is 14.4 Å². The third-order valence-electron chi connectivity index (χ3n) is 3.95. The Morgan fingerprint density at radius 2 is 2.16 bits per heavy atom. The van der Waals surface area contributed by atoms with Crippen molar-refractivity contribution in [1.29, 1.82) is 0 Å². The molecule has 1 aromatic rings. The van der Waals surface area contributed by atoms with E-state index in [-0.39, 0.29) is 0 Å². The molecule has 5 nitrogen and oxygen atoms in total. The number of aromatic nitrogens is 2. The summed E-state index contributed by atoms with van der Waals surface area (Å²) in [5, 5.41) is 13.3. The summed E-state index contributed by atoms with van der Waals surface area (Å²) in [5.41, 5.74) is 2.38. The van der Waals surface area contributed by atoms with Crippen LogP contribution in [0.3, 0.4) is 0 Å². The lowest BCUT2D eigenvalue weighted by molar-refractivity contribution is -0.138. The fourth-order valence-electron chi connectivity index (χ4n) is 2.72. The van der Waals surface area contributed by atoms with Crippen LogP contribution >= 0.6 is 0 Å². The molecular weight excluding hydrogens is 242 g/mol. The number of aliphatic carboxylic acids is 1. The predicted octanol–water partition coefficient (Wildman–Crippen LogP) is 1.67. The van der Waals surface area contributed by atoms with E-state index in [0.29, 0.717) is 12.3 Å². The molecule has 0 atom stereocenters. The minimum atomic E-state index is -0.669. The van der Waals surface area contributed by atoms with E-state index >= 15 is 0 Å². The molecule has 0 radical (unpaired) electrons. The van der Waals surface area contributed by atoms with Crippen molar-refractivity contribution in [3.63, 3.8) is 0 Å². The fourth-order valence-corrected chi connectivity index (χ4v) is 2.72. The zero-order valence-corrected chi connectivity index (χ0v) is 11.8. The molecule has 2 rings (SSSR count). The summed E-state index contributed by atoms with van der Waals surface area (Å²) >= 11 is 0. The summed E-state index contributed by atoms with van der Waals surface area (Å²) < 4.78 is 1.96. The first kappa shape index (κ1) is 14.1. The normalized spacial score (nSPS) is 17.8. The van der Waals surface area contributed by atoms with Crippen molar-refractivity contribution < 1.29 is 9.90 Å².